The number of rotatable bonds is 5. The monoisotopic (exact) mass is 402 g/mol. The lowest BCUT2D eigenvalue weighted by Crippen LogP contribution is -2.48. The van der Waals surface area contributed by atoms with Gasteiger partial charge in [-0.3, -0.25) is 10.2 Å². The molecule has 0 bridgehead atoms. The Labute approximate surface area is 173 Å². The summed E-state index contributed by atoms with van der Waals surface area (Å²) in [5, 5.41) is 0. The fourth-order valence-electron chi connectivity index (χ4n) is 4.93. The van der Waals surface area contributed by atoms with E-state index in [1.807, 2.05) is 11.8 Å². The van der Waals surface area contributed by atoms with Gasteiger partial charge in [-0.15, -0.1) is 0 Å². The Hall–Kier alpha value is -1.77. The molecular formula is C21H34N6O2. The summed E-state index contributed by atoms with van der Waals surface area (Å²) in [6, 6.07) is 2.75. The minimum Gasteiger partial charge on any atom is -0.376 e. The summed E-state index contributed by atoms with van der Waals surface area (Å²) >= 11 is 0. The van der Waals surface area contributed by atoms with Crippen molar-refractivity contribution in [1.82, 2.24) is 25.7 Å². The van der Waals surface area contributed by atoms with Crippen LogP contribution in [0.4, 0.5) is 5.82 Å². The van der Waals surface area contributed by atoms with Crippen molar-refractivity contribution < 1.29 is 9.53 Å². The standard InChI is InChI=1S/C21H34N6O2/c1-4-20(28)27-9-7-26(8-10-27)19-12-18(22-13-23-19)21-16-11-15(29-14(2)3)5-6-17(16)24-25-21/h12-17,21,24-25H,4-11H2,1-3H3. The van der Waals surface area contributed by atoms with Crippen LogP contribution in [-0.4, -0.2) is 65.2 Å². The Morgan fingerprint density at radius 3 is 2.72 bits per heavy atom. The second-order valence-corrected chi connectivity index (χ2v) is 8.68. The molecule has 0 spiro atoms. The Balaban J connectivity index is 1.43. The molecule has 8 heteroatoms. The molecule has 4 atom stereocenters. The number of hydrogen-bond acceptors (Lipinski definition) is 7. The molecule has 3 heterocycles. The number of piperazine rings is 1. The minimum absolute atomic E-state index is 0.170. The molecule has 1 saturated carbocycles. The molecule has 2 saturated heterocycles. The molecule has 4 unspecified atom stereocenters. The quantitative estimate of drug-likeness (QED) is 0.775. The summed E-state index contributed by atoms with van der Waals surface area (Å²) < 4.78 is 6.11. The normalized spacial score (nSPS) is 29.9. The van der Waals surface area contributed by atoms with Crippen molar-refractivity contribution in [3.05, 3.63) is 18.1 Å². The van der Waals surface area contributed by atoms with Crippen molar-refractivity contribution >= 4 is 11.7 Å². The van der Waals surface area contributed by atoms with Gasteiger partial charge in [0.15, 0.2) is 0 Å². The van der Waals surface area contributed by atoms with E-state index in [0.717, 1.165) is 57.0 Å². The molecule has 1 aliphatic carbocycles. The average molecular weight is 403 g/mol. The van der Waals surface area contributed by atoms with Crippen LogP contribution in [0.2, 0.25) is 0 Å². The van der Waals surface area contributed by atoms with Crippen LogP contribution in [0.3, 0.4) is 0 Å². The Morgan fingerprint density at radius 2 is 2.00 bits per heavy atom. The van der Waals surface area contributed by atoms with Gasteiger partial charge in [0.25, 0.3) is 0 Å². The maximum Gasteiger partial charge on any atom is 0.222 e. The zero-order valence-electron chi connectivity index (χ0n) is 17.8. The van der Waals surface area contributed by atoms with Crippen molar-refractivity contribution in [2.75, 3.05) is 31.1 Å². The molecule has 2 aliphatic heterocycles. The number of hydrazine groups is 1. The predicted octanol–water partition coefficient (Wildman–Crippen LogP) is 1.65. The van der Waals surface area contributed by atoms with E-state index < -0.39 is 0 Å². The van der Waals surface area contributed by atoms with Gasteiger partial charge in [-0.25, -0.2) is 15.4 Å². The van der Waals surface area contributed by atoms with Gasteiger partial charge < -0.3 is 14.5 Å². The highest BCUT2D eigenvalue weighted by molar-refractivity contribution is 5.76. The molecule has 8 nitrogen and oxygen atoms in total. The van der Waals surface area contributed by atoms with Crippen molar-refractivity contribution in [3.8, 4) is 0 Å². The number of ether oxygens (including phenoxy) is 1. The molecule has 1 amide bonds. The van der Waals surface area contributed by atoms with E-state index in [9.17, 15) is 4.79 Å². The third-order valence-corrected chi connectivity index (χ3v) is 6.42. The van der Waals surface area contributed by atoms with Crippen LogP contribution in [0, 0.1) is 5.92 Å². The molecule has 0 radical (unpaired) electrons. The maximum absolute atomic E-state index is 11.9. The molecule has 160 valence electrons. The molecule has 29 heavy (non-hydrogen) atoms. The van der Waals surface area contributed by atoms with Gasteiger partial charge in [-0.2, -0.15) is 0 Å². The van der Waals surface area contributed by atoms with Gasteiger partial charge >= 0.3 is 0 Å². The van der Waals surface area contributed by atoms with E-state index in [1.165, 1.54) is 0 Å². The van der Waals surface area contributed by atoms with Crippen LogP contribution in [0.5, 0.6) is 0 Å². The van der Waals surface area contributed by atoms with Crippen LogP contribution in [0.1, 0.15) is 58.2 Å². The number of nitrogens with one attached hydrogen (secondary N) is 2. The highest BCUT2D eigenvalue weighted by atomic mass is 16.5. The van der Waals surface area contributed by atoms with E-state index in [-0.39, 0.29) is 18.1 Å². The smallest absolute Gasteiger partial charge is 0.222 e. The zero-order chi connectivity index (χ0) is 20.4. The third-order valence-electron chi connectivity index (χ3n) is 6.42. The number of fused-ring (bicyclic) bond motifs is 1. The number of nitrogens with zero attached hydrogens (tertiary/aromatic N) is 4. The second-order valence-electron chi connectivity index (χ2n) is 8.68. The molecule has 2 N–H and O–H groups in total. The summed E-state index contributed by atoms with van der Waals surface area (Å²) in [5.41, 5.74) is 8.00. The molecule has 3 fully saturated rings. The van der Waals surface area contributed by atoms with E-state index >= 15 is 0 Å². The fraction of sp³-hybridized carbons (Fsp3) is 0.762. The topological polar surface area (TPSA) is 82.6 Å². The van der Waals surface area contributed by atoms with Gasteiger partial charge in [0, 0.05) is 50.6 Å². The van der Waals surface area contributed by atoms with E-state index in [0.29, 0.717) is 24.5 Å². The number of hydrogen-bond donors (Lipinski definition) is 2. The third kappa shape index (κ3) is 4.54. The number of carbonyl (C=O) groups excluding carboxylic acids is 1. The molecule has 0 aromatic carbocycles. The van der Waals surface area contributed by atoms with Crippen LogP contribution in [0.25, 0.3) is 0 Å². The predicted molar refractivity (Wildman–Crippen MR) is 111 cm³/mol. The first-order chi connectivity index (χ1) is 14.0. The van der Waals surface area contributed by atoms with Crippen LogP contribution in [-0.2, 0) is 9.53 Å². The van der Waals surface area contributed by atoms with Crippen molar-refractivity contribution in [3.63, 3.8) is 0 Å². The van der Waals surface area contributed by atoms with Gasteiger partial charge in [-0.05, 0) is 33.1 Å². The highest BCUT2D eigenvalue weighted by Crippen LogP contribution is 2.39. The summed E-state index contributed by atoms with van der Waals surface area (Å²) in [4.78, 5) is 25.3. The number of amides is 1. The number of anilines is 1. The Bertz CT molecular complexity index is 706. The largest absolute Gasteiger partial charge is 0.376 e. The molecule has 4 rings (SSSR count). The van der Waals surface area contributed by atoms with Crippen molar-refractivity contribution in [1.29, 1.82) is 0 Å². The SMILES string of the molecule is CCC(=O)N1CCN(c2cc(C3NNC4CCC(OC(C)C)CC43)ncn2)CC1. The van der Waals surface area contributed by atoms with Crippen molar-refractivity contribution in [2.45, 2.75) is 70.7 Å². The van der Waals surface area contributed by atoms with E-state index in [4.69, 9.17) is 4.74 Å². The molecular weight excluding hydrogens is 368 g/mol. The minimum atomic E-state index is 0.170. The lowest BCUT2D eigenvalue weighted by Gasteiger charge is -2.36. The molecule has 1 aromatic heterocycles. The summed E-state index contributed by atoms with van der Waals surface area (Å²) in [6.07, 6.45) is 6.11. The van der Waals surface area contributed by atoms with Gasteiger partial charge in [0.2, 0.25) is 5.91 Å². The lowest BCUT2D eigenvalue weighted by atomic mass is 9.79. The highest BCUT2D eigenvalue weighted by Gasteiger charge is 2.42. The summed E-state index contributed by atoms with van der Waals surface area (Å²) in [6.45, 7) is 9.29. The van der Waals surface area contributed by atoms with Gasteiger partial charge in [-0.1, -0.05) is 6.92 Å². The lowest BCUT2D eigenvalue weighted by molar-refractivity contribution is -0.131. The zero-order valence-corrected chi connectivity index (χ0v) is 17.8. The number of aromatic nitrogens is 2. The average Bonchev–Trinajstić information content (AvgIpc) is 3.16. The van der Waals surface area contributed by atoms with Gasteiger partial charge in [0.1, 0.15) is 12.1 Å². The van der Waals surface area contributed by atoms with E-state index in [1.54, 1.807) is 6.33 Å². The Kier molecular flexibility index (Phi) is 6.32. The molecule has 3 aliphatic rings. The van der Waals surface area contributed by atoms with E-state index in [2.05, 4.69) is 45.6 Å². The second kappa shape index (κ2) is 8.93. The first-order valence-electron chi connectivity index (χ1n) is 11.1. The fourth-order valence-corrected chi connectivity index (χ4v) is 4.93. The first kappa shape index (κ1) is 20.5. The van der Waals surface area contributed by atoms with Crippen molar-refractivity contribution in [2.24, 2.45) is 5.92 Å². The van der Waals surface area contributed by atoms with Crippen LogP contribution >= 0.6 is 0 Å². The van der Waals surface area contributed by atoms with Crippen LogP contribution < -0.4 is 15.8 Å². The first-order valence-corrected chi connectivity index (χ1v) is 11.1. The number of carbonyl (C=O) groups is 1. The van der Waals surface area contributed by atoms with Gasteiger partial charge in [0.05, 0.1) is 23.9 Å². The summed E-state index contributed by atoms with van der Waals surface area (Å²) in [7, 11) is 0. The maximum atomic E-state index is 11.9. The molecule has 1 aromatic rings. The Morgan fingerprint density at radius 1 is 1.21 bits per heavy atom. The summed E-state index contributed by atoms with van der Waals surface area (Å²) in [5.74, 6) is 1.65. The van der Waals surface area contributed by atoms with Crippen LogP contribution in [0.15, 0.2) is 12.4 Å².